The number of benzene rings is 1. The molecule has 0 saturated carbocycles. The third-order valence-corrected chi connectivity index (χ3v) is 3.42. The van der Waals surface area contributed by atoms with E-state index in [2.05, 4.69) is 18.8 Å². The Bertz CT molecular complexity index is 557. The zero-order valence-corrected chi connectivity index (χ0v) is 10.3. The van der Waals surface area contributed by atoms with Gasteiger partial charge in [0.15, 0.2) is 0 Å². The van der Waals surface area contributed by atoms with Crippen molar-refractivity contribution in [3.05, 3.63) is 28.3 Å². The average molecular weight is 235 g/mol. The Morgan fingerprint density at radius 3 is 2.69 bits per heavy atom. The second-order valence-corrected chi connectivity index (χ2v) is 5.34. The van der Waals surface area contributed by atoms with Crippen molar-refractivity contribution in [3.63, 3.8) is 0 Å². The molecule has 0 saturated heterocycles. The number of carboxylic acids is 1. The average Bonchev–Trinajstić information content (AvgIpc) is 2.55. The maximum absolute atomic E-state index is 11.0. The number of rotatable bonds is 2. The molecule has 0 bridgehead atoms. The maximum Gasteiger partial charge on any atom is 0.335 e. The molecule has 0 aliphatic carbocycles. The van der Waals surface area contributed by atoms with Crippen molar-refractivity contribution in [1.29, 1.82) is 0 Å². The Labute approximate surface area is 97.8 Å². The van der Waals surface area contributed by atoms with Gasteiger partial charge in [0.25, 0.3) is 0 Å². The van der Waals surface area contributed by atoms with Crippen LogP contribution in [0.5, 0.6) is 0 Å². The smallest absolute Gasteiger partial charge is 0.335 e. The Hall–Kier alpha value is -1.42. The number of nitrogens with zero attached hydrogens (tertiary/aromatic N) is 1. The lowest BCUT2D eigenvalue weighted by atomic mass is 9.99. The molecule has 0 radical (unpaired) electrons. The number of aromatic carboxylic acids is 1. The lowest BCUT2D eigenvalue weighted by Gasteiger charge is -2.07. The van der Waals surface area contributed by atoms with Crippen LogP contribution < -0.4 is 0 Å². The third kappa shape index (κ3) is 1.80. The molecule has 4 heteroatoms. The minimum Gasteiger partial charge on any atom is -0.478 e. The van der Waals surface area contributed by atoms with Gasteiger partial charge < -0.3 is 5.11 Å². The normalized spacial score (nSPS) is 11.2. The van der Waals surface area contributed by atoms with Gasteiger partial charge >= 0.3 is 5.97 Å². The first-order valence-electron chi connectivity index (χ1n) is 5.13. The molecule has 0 amide bonds. The van der Waals surface area contributed by atoms with Crippen LogP contribution in [0.25, 0.3) is 10.2 Å². The second-order valence-electron chi connectivity index (χ2n) is 4.10. The van der Waals surface area contributed by atoms with Gasteiger partial charge in [-0.1, -0.05) is 13.8 Å². The predicted molar refractivity (Wildman–Crippen MR) is 65.4 cm³/mol. The number of aromatic nitrogens is 1. The summed E-state index contributed by atoms with van der Waals surface area (Å²) in [6.07, 6.45) is 0. The van der Waals surface area contributed by atoms with Crippen molar-refractivity contribution in [2.75, 3.05) is 0 Å². The molecule has 1 N–H and O–H groups in total. The van der Waals surface area contributed by atoms with Crippen LogP contribution in [0.4, 0.5) is 0 Å². The highest BCUT2D eigenvalue weighted by Crippen LogP contribution is 2.30. The number of aryl methyl sites for hydroxylation is 1. The summed E-state index contributed by atoms with van der Waals surface area (Å²) in [6, 6.07) is 3.43. The van der Waals surface area contributed by atoms with E-state index in [-0.39, 0.29) is 5.92 Å². The van der Waals surface area contributed by atoms with Crippen LogP contribution in [0.15, 0.2) is 12.1 Å². The Morgan fingerprint density at radius 1 is 1.44 bits per heavy atom. The summed E-state index contributed by atoms with van der Waals surface area (Å²) >= 11 is 1.54. The number of thiazole rings is 1. The highest BCUT2D eigenvalue weighted by atomic mass is 32.1. The fourth-order valence-electron chi connectivity index (χ4n) is 1.73. The highest BCUT2D eigenvalue weighted by Gasteiger charge is 2.14. The maximum atomic E-state index is 11.0. The fraction of sp³-hybridized carbons (Fsp3) is 0.333. The first kappa shape index (κ1) is 11.1. The monoisotopic (exact) mass is 235 g/mol. The summed E-state index contributed by atoms with van der Waals surface area (Å²) < 4.78 is 0.959. The van der Waals surface area contributed by atoms with Gasteiger partial charge in [-0.05, 0) is 30.5 Å². The van der Waals surface area contributed by atoms with Crippen LogP contribution in [0, 0.1) is 6.92 Å². The van der Waals surface area contributed by atoms with Crippen molar-refractivity contribution in [2.45, 2.75) is 26.7 Å². The lowest BCUT2D eigenvalue weighted by molar-refractivity contribution is 0.0697. The lowest BCUT2D eigenvalue weighted by Crippen LogP contribution is -1.99. The highest BCUT2D eigenvalue weighted by molar-refractivity contribution is 7.18. The van der Waals surface area contributed by atoms with E-state index < -0.39 is 5.97 Å². The Kier molecular flexibility index (Phi) is 2.68. The Morgan fingerprint density at radius 2 is 2.12 bits per heavy atom. The van der Waals surface area contributed by atoms with Crippen LogP contribution in [-0.2, 0) is 0 Å². The first-order valence-corrected chi connectivity index (χ1v) is 5.95. The number of hydrogen-bond donors (Lipinski definition) is 1. The van der Waals surface area contributed by atoms with E-state index in [1.807, 2.05) is 6.92 Å². The SMILES string of the molecule is Cc1nc2c(C(C)C)cc(C(=O)O)cc2s1. The standard InChI is InChI=1S/C12H13NO2S/c1-6(2)9-4-8(12(14)15)5-10-11(9)13-7(3)16-10/h4-6H,1-3H3,(H,14,15). The largest absolute Gasteiger partial charge is 0.478 e. The molecule has 0 aliphatic rings. The zero-order chi connectivity index (χ0) is 11.9. The summed E-state index contributed by atoms with van der Waals surface area (Å²) in [5.41, 5.74) is 2.31. The molecule has 2 aromatic rings. The molecule has 1 aromatic heterocycles. The summed E-state index contributed by atoms with van der Waals surface area (Å²) in [5.74, 6) is -0.599. The molecule has 0 spiro atoms. The van der Waals surface area contributed by atoms with Crippen molar-refractivity contribution in [3.8, 4) is 0 Å². The van der Waals surface area contributed by atoms with E-state index in [9.17, 15) is 4.79 Å². The summed E-state index contributed by atoms with van der Waals surface area (Å²) in [7, 11) is 0. The van der Waals surface area contributed by atoms with Gasteiger partial charge in [-0.2, -0.15) is 0 Å². The quantitative estimate of drug-likeness (QED) is 0.867. The van der Waals surface area contributed by atoms with Crippen LogP contribution in [-0.4, -0.2) is 16.1 Å². The topological polar surface area (TPSA) is 50.2 Å². The van der Waals surface area contributed by atoms with E-state index in [0.29, 0.717) is 5.56 Å². The van der Waals surface area contributed by atoms with Gasteiger partial charge in [0.1, 0.15) is 0 Å². The Balaban J connectivity index is 2.78. The van der Waals surface area contributed by atoms with E-state index in [4.69, 9.17) is 5.11 Å². The van der Waals surface area contributed by atoms with Gasteiger partial charge in [-0.3, -0.25) is 0 Å². The number of carboxylic acid groups (broad SMARTS) is 1. The number of hydrogen-bond acceptors (Lipinski definition) is 3. The van der Waals surface area contributed by atoms with Crippen molar-refractivity contribution < 1.29 is 9.90 Å². The predicted octanol–water partition coefficient (Wildman–Crippen LogP) is 3.43. The van der Waals surface area contributed by atoms with E-state index >= 15 is 0 Å². The minimum absolute atomic E-state index is 0.281. The van der Waals surface area contributed by atoms with Gasteiger partial charge in [0, 0.05) is 0 Å². The van der Waals surface area contributed by atoms with Gasteiger partial charge in [-0.15, -0.1) is 11.3 Å². The van der Waals surface area contributed by atoms with Gasteiger partial charge in [-0.25, -0.2) is 9.78 Å². The van der Waals surface area contributed by atoms with Crippen molar-refractivity contribution in [1.82, 2.24) is 4.98 Å². The molecule has 0 unspecified atom stereocenters. The molecule has 0 aliphatic heterocycles. The molecule has 2 rings (SSSR count). The fourth-order valence-corrected chi connectivity index (χ4v) is 2.63. The van der Waals surface area contributed by atoms with Crippen LogP contribution in [0.2, 0.25) is 0 Å². The summed E-state index contributed by atoms with van der Waals surface area (Å²) in [5, 5.41) is 10.0. The molecule has 0 atom stereocenters. The number of carbonyl (C=O) groups is 1. The summed E-state index contributed by atoms with van der Waals surface area (Å²) in [6.45, 7) is 6.04. The molecule has 16 heavy (non-hydrogen) atoms. The first-order chi connectivity index (χ1) is 7.49. The van der Waals surface area contributed by atoms with Crippen molar-refractivity contribution in [2.24, 2.45) is 0 Å². The van der Waals surface area contributed by atoms with Gasteiger partial charge in [0.05, 0.1) is 20.8 Å². The van der Waals surface area contributed by atoms with Crippen molar-refractivity contribution >= 4 is 27.5 Å². The van der Waals surface area contributed by atoms with E-state index in [0.717, 1.165) is 20.8 Å². The van der Waals surface area contributed by atoms with Gasteiger partial charge in [0.2, 0.25) is 0 Å². The molecular formula is C12H13NO2S. The zero-order valence-electron chi connectivity index (χ0n) is 9.44. The second kappa shape index (κ2) is 3.87. The molecule has 84 valence electrons. The summed E-state index contributed by atoms with van der Waals surface area (Å²) in [4.78, 5) is 15.5. The minimum atomic E-state index is -0.880. The third-order valence-electron chi connectivity index (χ3n) is 2.50. The van der Waals surface area contributed by atoms with E-state index in [1.54, 1.807) is 23.5 Å². The van der Waals surface area contributed by atoms with Crippen LogP contribution in [0.1, 0.15) is 40.7 Å². The van der Waals surface area contributed by atoms with Crippen LogP contribution in [0.3, 0.4) is 0 Å². The molecule has 1 aromatic carbocycles. The number of fused-ring (bicyclic) bond motifs is 1. The molecule has 1 heterocycles. The molecular weight excluding hydrogens is 222 g/mol. The van der Waals surface area contributed by atoms with E-state index in [1.165, 1.54) is 0 Å². The molecule has 3 nitrogen and oxygen atoms in total. The van der Waals surface area contributed by atoms with Crippen LogP contribution >= 0.6 is 11.3 Å². The molecule has 0 fully saturated rings.